The number of hydrogen-bond donors (Lipinski definition) is 2. The van der Waals surface area contributed by atoms with Crippen molar-refractivity contribution < 1.29 is 9.53 Å². The van der Waals surface area contributed by atoms with Gasteiger partial charge in [0.25, 0.3) is 0 Å². The fourth-order valence-electron chi connectivity index (χ4n) is 3.97. The topological polar surface area (TPSA) is 56.8 Å². The molecule has 2 aromatic rings. The van der Waals surface area contributed by atoms with Crippen molar-refractivity contribution in [2.45, 2.75) is 25.3 Å². The van der Waals surface area contributed by atoms with Crippen molar-refractivity contribution in [2.24, 2.45) is 0 Å². The van der Waals surface area contributed by atoms with E-state index in [1.165, 1.54) is 24.9 Å². The highest BCUT2D eigenvalue weighted by atomic mass is 16.5. The molecule has 0 saturated carbocycles. The highest BCUT2D eigenvalue weighted by Gasteiger charge is 2.25. The Morgan fingerprint density at radius 2 is 1.93 bits per heavy atom. The highest BCUT2D eigenvalue weighted by molar-refractivity contribution is 5.89. The van der Waals surface area contributed by atoms with E-state index in [4.69, 9.17) is 4.74 Å². The molecule has 1 aliphatic rings. The van der Waals surface area contributed by atoms with Crippen LogP contribution in [0.25, 0.3) is 0 Å². The Morgan fingerprint density at radius 3 is 2.67 bits per heavy atom. The van der Waals surface area contributed by atoms with Gasteiger partial charge in [-0.2, -0.15) is 0 Å². The van der Waals surface area contributed by atoms with Crippen LogP contribution in [-0.2, 0) is 6.42 Å². The normalized spacial score (nSPS) is 16.6. The van der Waals surface area contributed by atoms with Gasteiger partial charge in [0, 0.05) is 37.9 Å². The third-order valence-corrected chi connectivity index (χ3v) is 5.68. The Labute approximate surface area is 180 Å². The fourth-order valence-corrected chi connectivity index (χ4v) is 3.97. The first-order chi connectivity index (χ1) is 14.6. The molecule has 0 aliphatic carbocycles. The highest BCUT2D eigenvalue weighted by Crippen LogP contribution is 2.19. The predicted molar refractivity (Wildman–Crippen MR) is 122 cm³/mol. The number of urea groups is 1. The van der Waals surface area contributed by atoms with Crippen molar-refractivity contribution in [3.8, 4) is 5.75 Å². The molecule has 1 saturated heterocycles. The number of anilines is 1. The van der Waals surface area contributed by atoms with Crippen LogP contribution in [-0.4, -0.2) is 68.8 Å². The number of hydrogen-bond acceptors (Lipinski definition) is 4. The van der Waals surface area contributed by atoms with E-state index in [0.717, 1.165) is 37.5 Å². The largest absolute Gasteiger partial charge is 0.497 e. The van der Waals surface area contributed by atoms with Crippen molar-refractivity contribution in [3.05, 3.63) is 60.2 Å². The fraction of sp³-hybridized carbons (Fsp3) is 0.458. The molecule has 2 amide bonds. The summed E-state index contributed by atoms with van der Waals surface area (Å²) >= 11 is 0. The van der Waals surface area contributed by atoms with Gasteiger partial charge in [-0.3, -0.25) is 4.90 Å². The van der Waals surface area contributed by atoms with Crippen LogP contribution in [0.1, 0.15) is 18.4 Å². The number of likely N-dealkylation sites (tertiary alicyclic amines) is 1. The first kappa shape index (κ1) is 22.1. The molecule has 2 aromatic carbocycles. The maximum atomic E-state index is 12.0. The molecule has 30 heavy (non-hydrogen) atoms. The molecule has 0 spiro atoms. The Hall–Kier alpha value is -2.57. The van der Waals surface area contributed by atoms with Crippen molar-refractivity contribution in [1.82, 2.24) is 15.1 Å². The van der Waals surface area contributed by atoms with Gasteiger partial charge >= 0.3 is 6.03 Å². The summed E-state index contributed by atoms with van der Waals surface area (Å²) in [6.45, 7) is 4.76. The smallest absolute Gasteiger partial charge is 0.319 e. The lowest BCUT2D eigenvalue weighted by molar-refractivity contribution is 0.193. The van der Waals surface area contributed by atoms with Gasteiger partial charge in [0.15, 0.2) is 0 Å². The van der Waals surface area contributed by atoms with E-state index in [2.05, 4.69) is 39.6 Å². The van der Waals surface area contributed by atoms with Gasteiger partial charge < -0.3 is 20.3 Å². The maximum Gasteiger partial charge on any atom is 0.319 e. The van der Waals surface area contributed by atoms with E-state index in [9.17, 15) is 4.79 Å². The second kappa shape index (κ2) is 11.6. The van der Waals surface area contributed by atoms with Crippen LogP contribution in [0.15, 0.2) is 54.6 Å². The van der Waals surface area contributed by atoms with E-state index < -0.39 is 0 Å². The monoisotopic (exact) mass is 410 g/mol. The third-order valence-electron chi connectivity index (χ3n) is 5.68. The molecule has 0 aromatic heterocycles. The number of benzene rings is 2. The second-order valence-electron chi connectivity index (χ2n) is 7.94. The maximum absolute atomic E-state index is 12.0. The quantitative estimate of drug-likeness (QED) is 0.630. The summed E-state index contributed by atoms with van der Waals surface area (Å²) in [5.41, 5.74) is 2.16. The number of carbonyl (C=O) groups excluding carboxylic acids is 1. The molecule has 1 atom stereocenters. The van der Waals surface area contributed by atoms with Crippen LogP contribution in [0.4, 0.5) is 10.5 Å². The second-order valence-corrected chi connectivity index (χ2v) is 7.94. The van der Waals surface area contributed by atoms with Crippen molar-refractivity contribution in [3.63, 3.8) is 0 Å². The molecular formula is C24H34N4O2. The molecule has 6 heteroatoms. The molecule has 2 N–H and O–H groups in total. The number of amides is 2. The van der Waals surface area contributed by atoms with Gasteiger partial charge in [-0.05, 0) is 62.7 Å². The number of rotatable bonds is 10. The number of para-hydroxylation sites is 1. The molecule has 0 unspecified atom stereocenters. The van der Waals surface area contributed by atoms with Gasteiger partial charge in [-0.1, -0.05) is 30.3 Å². The van der Waals surface area contributed by atoms with E-state index in [0.29, 0.717) is 12.6 Å². The first-order valence-electron chi connectivity index (χ1n) is 10.8. The summed E-state index contributed by atoms with van der Waals surface area (Å²) in [6.07, 6.45) is 3.57. The number of nitrogens with zero attached hydrogens (tertiary/aromatic N) is 2. The minimum Gasteiger partial charge on any atom is -0.497 e. The van der Waals surface area contributed by atoms with E-state index in [1.807, 2.05) is 42.5 Å². The van der Waals surface area contributed by atoms with Crippen molar-refractivity contribution >= 4 is 11.7 Å². The Balaban J connectivity index is 1.35. The molecular weight excluding hydrogens is 376 g/mol. The number of likely N-dealkylation sites (N-methyl/N-ethyl adjacent to an activating group) is 1. The van der Waals surface area contributed by atoms with E-state index >= 15 is 0 Å². The lowest BCUT2D eigenvalue weighted by Gasteiger charge is -2.28. The van der Waals surface area contributed by atoms with E-state index in [-0.39, 0.29) is 6.03 Å². The van der Waals surface area contributed by atoms with Crippen LogP contribution in [0.5, 0.6) is 5.75 Å². The summed E-state index contributed by atoms with van der Waals surface area (Å²) in [6, 6.07) is 18.3. The lowest BCUT2D eigenvalue weighted by Crippen LogP contribution is -2.42. The summed E-state index contributed by atoms with van der Waals surface area (Å²) in [5, 5.41) is 5.79. The Morgan fingerprint density at radius 1 is 1.17 bits per heavy atom. The summed E-state index contributed by atoms with van der Waals surface area (Å²) in [5.74, 6) is 0.908. The molecule has 1 fully saturated rings. The minimum atomic E-state index is -0.156. The molecule has 3 rings (SSSR count). The number of nitrogens with one attached hydrogen (secondary N) is 2. The average molecular weight is 411 g/mol. The third kappa shape index (κ3) is 7.04. The van der Waals surface area contributed by atoms with Gasteiger partial charge in [0.1, 0.15) is 5.75 Å². The Kier molecular flexibility index (Phi) is 8.53. The van der Waals surface area contributed by atoms with Crippen LogP contribution < -0.4 is 15.4 Å². The van der Waals surface area contributed by atoms with Crippen LogP contribution in [0.3, 0.4) is 0 Å². The van der Waals surface area contributed by atoms with Gasteiger partial charge in [-0.15, -0.1) is 0 Å². The zero-order valence-electron chi connectivity index (χ0n) is 18.1. The van der Waals surface area contributed by atoms with Crippen LogP contribution >= 0.6 is 0 Å². The summed E-state index contributed by atoms with van der Waals surface area (Å²) < 4.78 is 5.24. The van der Waals surface area contributed by atoms with Gasteiger partial charge in [0.2, 0.25) is 0 Å². The van der Waals surface area contributed by atoms with Gasteiger partial charge in [-0.25, -0.2) is 4.79 Å². The first-order valence-corrected chi connectivity index (χ1v) is 10.8. The molecule has 0 radical (unpaired) electrons. The molecule has 1 aliphatic heterocycles. The van der Waals surface area contributed by atoms with E-state index in [1.54, 1.807) is 7.11 Å². The van der Waals surface area contributed by atoms with Crippen LogP contribution in [0, 0.1) is 0 Å². The van der Waals surface area contributed by atoms with Gasteiger partial charge in [0.05, 0.1) is 7.11 Å². The van der Waals surface area contributed by atoms with Crippen molar-refractivity contribution in [2.75, 3.05) is 52.2 Å². The number of carbonyl (C=O) groups is 1. The van der Waals surface area contributed by atoms with Crippen LogP contribution in [0.2, 0.25) is 0 Å². The minimum absolute atomic E-state index is 0.156. The molecule has 162 valence electrons. The zero-order valence-corrected chi connectivity index (χ0v) is 18.1. The number of ether oxygens (including phenoxy) is 1. The zero-order chi connectivity index (χ0) is 21.2. The standard InChI is InChI=1S/C24H34N4O2/c1-27(18-15-25-24(29)26-21-7-4-3-5-8-21)19-22-9-6-16-28(22)17-14-20-10-12-23(30-2)13-11-20/h3-5,7-8,10-13,22H,6,9,14-19H2,1-2H3,(H2,25,26,29)/t22-/m1/s1. The summed E-state index contributed by atoms with van der Waals surface area (Å²) in [7, 11) is 3.84. The molecule has 6 nitrogen and oxygen atoms in total. The predicted octanol–water partition coefficient (Wildman–Crippen LogP) is 3.46. The summed E-state index contributed by atoms with van der Waals surface area (Å²) in [4.78, 5) is 16.9. The lowest BCUT2D eigenvalue weighted by atomic mass is 10.1. The Bertz CT molecular complexity index is 767. The molecule has 0 bridgehead atoms. The number of methoxy groups -OCH3 is 1. The van der Waals surface area contributed by atoms with Crippen molar-refractivity contribution in [1.29, 1.82) is 0 Å². The average Bonchev–Trinajstić information content (AvgIpc) is 3.20. The molecule has 1 heterocycles. The SMILES string of the molecule is COc1ccc(CCN2CCC[C@@H]2CN(C)CCNC(=O)Nc2ccccc2)cc1.